The molecule has 2 amide bonds. The van der Waals surface area contributed by atoms with Crippen LogP contribution in [0.1, 0.15) is 31.1 Å². The number of amides is 2. The summed E-state index contributed by atoms with van der Waals surface area (Å²) in [5, 5.41) is 6.83. The molecule has 0 aliphatic heterocycles. The van der Waals surface area contributed by atoms with Gasteiger partial charge in [-0.05, 0) is 61.4 Å². The molecule has 3 rings (SSSR count). The molecule has 1 unspecified atom stereocenters. The molecule has 3 aromatic rings. The highest BCUT2D eigenvalue weighted by molar-refractivity contribution is 6.02. The predicted molar refractivity (Wildman–Crippen MR) is 126 cm³/mol. The smallest absolute Gasteiger partial charge is 0.251 e. The number of carbonyl (C=O) groups excluding carboxylic acids is 2. The van der Waals surface area contributed by atoms with E-state index < -0.39 is 6.04 Å². The second kappa shape index (κ2) is 10.8. The molecule has 0 aliphatic carbocycles. The zero-order valence-corrected chi connectivity index (χ0v) is 19.1. The van der Waals surface area contributed by atoms with Crippen LogP contribution in [-0.4, -0.2) is 42.7 Å². The number of nitrogens with one attached hydrogen (secondary N) is 2. The first kappa shape index (κ1) is 23.3. The zero-order chi connectivity index (χ0) is 23.1. The van der Waals surface area contributed by atoms with Gasteiger partial charge in [0.25, 0.3) is 5.91 Å². The van der Waals surface area contributed by atoms with E-state index in [1.54, 1.807) is 31.4 Å². The largest absolute Gasteiger partial charge is 0.494 e. The molecule has 0 radical (unpaired) electrons. The average Bonchev–Trinajstić information content (AvgIpc) is 3.18. The van der Waals surface area contributed by atoms with Crippen LogP contribution in [0.5, 0.6) is 5.75 Å². The lowest BCUT2D eigenvalue weighted by atomic mass is 10.0. The van der Waals surface area contributed by atoms with E-state index >= 15 is 0 Å². The number of ether oxygens (including phenoxy) is 2. The second-order valence-electron chi connectivity index (χ2n) is 7.92. The van der Waals surface area contributed by atoms with Crippen LogP contribution in [0.4, 0.5) is 5.69 Å². The fourth-order valence-corrected chi connectivity index (χ4v) is 3.51. The summed E-state index contributed by atoms with van der Waals surface area (Å²) in [6.45, 7) is 7.67. The average molecular weight is 438 g/mol. The molecule has 7 heteroatoms. The number of carbonyl (C=O) groups is 2. The highest BCUT2D eigenvalue weighted by atomic mass is 16.5. The molecule has 1 aromatic heterocycles. The number of benzene rings is 2. The minimum atomic E-state index is -0.670. The number of rotatable bonds is 10. The van der Waals surface area contributed by atoms with Crippen molar-refractivity contribution in [3.63, 3.8) is 0 Å². The molecule has 2 N–H and O–H groups in total. The van der Waals surface area contributed by atoms with Gasteiger partial charge in [0, 0.05) is 42.0 Å². The summed E-state index contributed by atoms with van der Waals surface area (Å²) in [6.07, 6.45) is 2.00. The lowest BCUT2D eigenvalue weighted by Crippen LogP contribution is -2.47. The molecule has 2 aromatic carbocycles. The van der Waals surface area contributed by atoms with Crippen LogP contribution in [0.2, 0.25) is 0 Å². The minimum Gasteiger partial charge on any atom is -0.494 e. The lowest BCUT2D eigenvalue weighted by Gasteiger charge is -2.22. The molecule has 0 bridgehead atoms. The minimum absolute atomic E-state index is 0.0829. The monoisotopic (exact) mass is 437 g/mol. The fraction of sp³-hybridized carbons (Fsp3) is 0.360. The third kappa shape index (κ3) is 5.68. The van der Waals surface area contributed by atoms with Gasteiger partial charge in [-0.2, -0.15) is 0 Å². The van der Waals surface area contributed by atoms with Crippen LogP contribution in [-0.2, 0) is 16.1 Å². The molecule has 1 heterocycles. The van der Waals surface area contributed by atoms with Crippen LogP contribution in [0.15, 0.2) is 54.7 Å². The second-order valence-corrected chi connectivity index (χ2v) is 7.92. The van der Waals surface area contributed by atoms with Gasteiger partial charge in [0.05, 0.1) is 13.2 Å². The first-order valence-electron chi connectivity index (χ1n) is 10.8. The Kier molecular flexibility index (Phi) is 7.89. The van der Waals surface area contributed by atoms with Gasteiger partial charge in [-0.15, -0.1) is 0 Å². The molecule has 0 aliphatic rings. The van der Waals surface area contributed by atoms with Crippen molar-refractivity contribution in [1.29, 1.82) is 0 Å². The molecular weight excluding hydrogens is 406 g/mol. The van der Waals surface area contributed by atoms with E-state index in [0.29, 0.717) is 30.2 Å². The number of hydrogen-bond donors (Lipinski definition) is 2. The molecule has 32 heavy (non-hydrogen) atoms. The van der Waals surface area contributed by atoms with Crippen molar-refractivity contribution in [3.05, 3.63) is 60.3 Å². The van der Waals surface area contributed by atoms with Crippen LogP contribution >= 0.6 is 0 Å². The number of aromatic nitrogens is 1. The summed E-state index contributed by atoms with van der Waals surface area (Å²) in [5.41, 5.74) is 2.24. The van der Waals surface area contributed by atoms with Crippen molar-refractivity contribution in [2.75, 3.05) is 25.6 Å². The highest BCUT2D eigenvalue weighted by Crippen LogP contribution is 2.21. The Labute approximate surface area is 188 Å². The van der Waals surface area contributed by atoms with Gasteiger partial charge in [-0.25, -0.2) is 0 Å². The molecular formula is C25H31N3O4. The topological polar surface area (TPSA) is 81.6 Å². The lowest BCUT2D eigenvalue weighted by molar-refractivity contribution is -0.118. The molecule has 170 valence electrons. The van der Waals surface area contributed by atoms with Crippen LogP contribution in [0.25, 0.3) is 10.9 Å². The highest BCUT2D eigenvalue weighted by Gasteiger charge is 2.25. The van der Waals surface area contributed by atoms with E-state index in [1.165, 1.54) is 0 Å². The predicted octanol–water partition coefficient (Wildman–Crippen LogP) is 4.08. The Balaban J connectivity index is 1.68. The SMILES string of the molecule is CCOc1ccc(C(=O)NC(C(=O)Nc2ccc3c(ccn3CCOC)c2)C(C)C)cc1. The Morgan fingerprint density at radius 2 is 1.81 bits per heavy atom. The van der Waals surface area contributed by atoms with Crippen molar-refractivity contribution in [2.45, 2.75) is 33.4 Å². The Bertz CT molecular complexity index is 1060. The summed E-state index contributed by atoms with van der Waals surface area (Å²) < 4.78 is 12.7. The zero-order valence-electron chi connectivity index (χ0n) is 19.1. The standard InChI is InChI=1S/C25H31N3O4/c1-5-32-21-9-6-18(7-10-21)24(29)27-23(17(2)3)25(30)26-20-8-11-22-19(16-20)12-13-28(22)14-15-31-4/h6-13,16-17,23H,5,14-15H2,1-4H3,(H,26,30)(H,27,29). The van der Waals surface area contributed by atoms with Gasteiger partial charge in [0.1, 0.15) is 11.8 Å². The molecule has 0 fully saturated rings. The van der Waals surface area contributed by atoms with Crippen molar-refractivity contribution in [3.8, 4) is 5.75 Å². The Morgan fingerprint density at radius 1 is 1.06 bits per heavy atom. The summed E-state index contributed by atoms with van der Waals surface area (Å²) >= 11 is 0. The van der Waals surface area contributed by atoms with Crippen molar-refractivity contribution >= 4 is 28.4 Å². The van der Waals surface area contributed by atoms with Crippen LogP contribution in [0, 0.1) is 5.92 Å². The summed E-state index contributed by atoms with van der Waals surface area (Å²) in [5.74, 6) is 0.0687. The fourth-order valence-electron chi connectivity index (χ4n) is 3.51. The van der Waals surface area contributed by atoms with Crippen LogP contribution < -0.4 is 15.4 Å². The summed E-state index contributed by atoms with van der Waals surface area (Å²) in [4.78, 5) is 25.7. The van der Waals surface area contributed by atoms with Gasteiger partial charge in [-0.3, -0.25) is 9.59 Å². The molecule has 7 nitrogen and oxygen atoms in total. The molecule has 0 saturated heterocycles. The maximum atomic E-state index is 13.0. The summed E-state index contributed by atoms with van der Waals surface area (Å²) in [6, 6.07) is 14.0. The third-order valence-corrected chi connectivity index (χ3v) is 5.24. The first-order valence-corrected chi connectivity index (χ1v) is 10.8. The van der Waals surface area contributed by atoms with E-state index in [2.05, 4.69) is 15.2 Å². The number of nitrogens with zero attached hydrogens (tertiary/aromatic N) is 1. The van der Waals surface area contributed by atoms with Gasteiger partial charge < -0.3 is 24.7 Å². The van der Waals surface area contributed by atoms with Crippen molar-refractivity contribution in [2.24, 2.45) is 5.92 Å². The van der Waals surface area contributed by atoms with E-state index in [1.807, 2.05) is 51.2 Å². The van der Waals surface area contributed by atoms with E-state index in [0.717, 1.165) is 17.4 Å². The van der Waals surface area contributed by atoms with Crippen LogP contribution in [0.3, 0.4) is 0 Å². The maximum absolute atomic E-state index is 13.0. The Hall–Kier alpha value is -3.32. The quantitative estimate of drug-likeness (QED) is 0.501. The molecule has 0 spiro atoms. The van der Waals surface area contributed by atoms with Gasteiger partial charge in [-0.1, -0.05) is 13.8 Å². The number of anilines is 1. The van der Waals surface area contributed by atoms with E-state index in [-0.39, 0.29) is 17.7 Å². The number of methoxy groups -OCH3 is 1. The number of fused-ring (bicyclic) bond motifs is 1. The molecule has 0 saturated carbocycles. The van der Waals surface area contributed by atoms with E-state index in [9.17, 15) is 9.59 Å². The first-order chi connectivity index (χ1) is 15.4. The molecule has 1 atom stereocenters. The maximum Gasteiger partial charge on any atom is 0.251 e. The van der Waals surface area contributed by atoms with Gasteiger partial charge >= 0.3 is 0 Å². The van der Waals surface area contributed by atoms with Gasteiger partial charge in [0.2, 0.25) is 5.91 Å². The van der Waals surface area contributed by atoms with Crippen molar-refractivity contribution < 1.29 is 19.1 Å². The number of hydrogen-bond acceptors (Lipinski definition) is 4. The Morgan fingerprint density at radius 3 is 2.47 bits per heavy atom. The van der Waals surface area contributed by atoms with Gasteiger partial charge in [0.15, 0.2) is 0 Å². The van der Waals surface area contributed by atoms with E-state index in [4.69, 9.17) is 9.47 Å². The normalized spacial score (nSPS) is 12.0. The summed E-state index contributed by atoms with van der Waals surface area (Å²) in [7, 11) is 1.68. The third-order valence-electron chi connectivity index (χ3n) is 5.24. The van der Waals surface area contributed by atoms with Crippen molar-refractivity contribution in [1.82, 2.24) is 9.88 Å².